The summed E-state index contributed by atoms with van der Waals surface area (Å²) in [6.45, 7) is 4.23. The van der Waals surface area contributed by atoms with Crippen LogP contribution in [0.5, 0.6) is 0 Å². The predicted molar refractivity (Wildman–Crippen MR) is 137 cm³/mol. The second-order valence-corrected chi connectivity index (χ2v) is 9.26. The van der Waals surface area contributed by atoms with Crippen molar-refractivity contribution in [3.05, 3.63) is 65.5 Å². The molecule has 0 amide bonds. The lowest BCUT2D eigenvalue weighted by molar-refractivity contribution is 0.400. The average molecular weight is 441 g/mol. The maximum Gasteiger partial charge on any atom is 0.227 e. The summed E-state index contributed by atoms with van der Waals surface area (Å²) < 4.78 is 2.44. The van der Waals surface area contributed by atoms with Crippen molar-refractivity contribution in [2.75, 3.05) is 31.7 Å². The van der Waals surface area contributed by atoms with E-state index in [1.807, 2.05) is 18.3 Å². The highest BCUT2D eigenvalue weighted by atomic mass is 15.1. The van der Waals surface area contributed by atoms with Crippen LogP contribution in [0.4, 0.5) is 17.3 Å². The monoisotopic (exact) mass is 440 g/mol. The van der Waals surface area contributed by atoms with Crippen molar-refractivity contribution in [3.63, 3.8) is 0 Å². The number of nitrogens with one attached hydrogen (secondary N) is 1. The highest BCUT2D eigenvalue weighted by Crippen LogP contribution is 2.38. The molecule has 2 aromatic heterocycles. The Balaban J connectivity index is 1.44. The van der Waals surface area contributed by atoms with Gasteiger partial charge >= 0.3 is 0 Å². The second kappa shape index (κ2) is 8.87. The van der Waals surface area contributed by atoms with Gasteiger partial charge < -0.3 is 20.5 Å². The summed E-state index contributed by atoms with van der Waals surface area (Å²) in [6.07, 6.45) is 6.17. The van der Waals surface area contributed by atoms with Crippen LogP contribution in [0, 0.1) is 6.92 Å². The Morgan fingerprint density at radius 2 is 2.00 bits per heavy atom. The normalized spacial score (nSPS) is 13.1. The molecule has 0 radical (unpaired) electrons. The van der Waals surface area contributed by atoms with E-state index in [1.165, 1.54) is 34.1 Å². The molecule has 0 saturated heterocycles. The van der Waals surface area contributed by atoms with Crippen LogP contribution in [0.3, 0.4) is 0 Å². The smallest absolute Gasteiger partial charge is 0.227 e. The van der Waals surface area contributed by atoms with E-state index in [9.17, 15) is 0 Å². The molecular weight excluding hydrogens is 408 g/mol. The summed E-state index contributed by atoms with van der Waals surface area (Å²) in [4.78, 5) is 11.6. The summed E-state index contributed by atoms with van der Waals surface area (Å²) in [5, 5.41) is 4.68. The molecule has 0 unspecified atom stereocenters. The van der Waals surface area contributed by atoms with Crippen molar-refractivity contribution in [2.24, 2.45) is 0 Å². The second-order valence-electron chi connectivity index (χ2n) is 9.26. The number of nitrogens with two attached hydrogens (primary N) is 1. The fourth-order valence-corrected chi connectivity index (χ4v) is 4.96. The molecule has 33 heavy (non-hydrogen) atoms. The number of fused-ring (bicyclic) bond motifs is 3. The minimum absolute atomic E-state index is 0.595. The summed E-state index contributed by atoms with van der Waals surface area (Å²) in [7, 11) is 4.20. The number of para-hydroxylation sites is 1. The van der Waals surface area contributed by atoms with Gasteiger partial charge in [-0.05, 0) is 82.6 Å². The third-order valence-electron chi connectivity index (χ3n) is 6.57. The third kappa shape index (κ3) is 4.18. The fourth-order valence-electron chi connectivity index (χ4n) is 4.96. The number of hydrogen-bond acceptors (Lipinski definition) is 5. The number of benzene rings is 2. The van der Waals surface area contributed by atoms with Crippen molar-refractivity contribution >= 4 is 28.2 Å². The van der Waals surface area contributed by atoms with Gasteiger partial charge in [-0.2, -0.15) is 0 Å². The first-order valence-corrected chi connectivity index (χ1v) is 11.8. The number of aromatic nitrogens is 3. The quantitative estimate of drug-likeness (QED) is 0.388. The lowest BCUT2D eigenvalue weighted by Crippen LogP contribution is -2.14. The van der Waals surface area contributed by atoms with Gasteiger partial charge in [0.1, 0.15) is 0 Å². The van der Waals surface area contributed by atoms with Crippen LogP contribution in [0.2, 0.25) is 0 Å². The summed E-state index contributed by atoms with van der Waals surface area (Å²) >= 11 is 0. The van der Waals surface area contributed by atoms with E-state index in [-0.39, 0.29) is 0 Å². The van der Waals surface area contributed by atoms with Crippen molar-refractivity contribution in [3.8, 4) is 11.3 Å². The molecule has 0 bridgehead atoms. The van der Waals surface area contributed by atoms with E-state index in [2.05, 4.69) is 71.1 Å². The van der Waals surface area contributed by atoms with E-state index in [0.717, 1.165) is 55.0 Å². The van der Waals surface area contributed by atoms with E-state index >= 15 is 0 Å². The first-order valence-electron chi connectivity index (χ1n) is 11.8. The predicted octanol–water partition coefficient (Wildman–Crippen LogP) is 5.17. The van der Waals surface area contributed by atoms with E-state index in [4.69, 9.17) is 10.7 Å². The molecule has 5 rings (SSSR count). The highest BCUT2D eigenvalue weighted by Gasteiger charge is 2.22. The molecule has 6 heteroatoms. The van der Waals surface area contributed by atoms with Crippen LogP contribution in [0.25, 0.3) is 22.2 Å². The molecule has 1 aliphatic heterocycles. The zero-order valence-corrected chi connectivity index (χ0v) is 19.7. The molecule has 170 valence electrons. The minimum Gasteiger partial charge on any atom is -0.398 e. The van der Waals surface area contributed by atoms with E-state index in [0.29, 0.717) is 5.95 Å². The van der Waals surface area contributed by atoms with Crippen LogP contribution >= 0.6 is 0 Å². The molecule has 6 nitrogen and oxygen atoms in total. The fraction of sp³-hybridized carbons (Fsp3) is 0.333. The van der Waals surface area contributed by atoms with Crippen LogP contribution in [0.1, 0.15) is 29.7 Å². The Morgan fingerprint density at radius 3 is 2.85 bits per heavy atom. The van der Waals surface area contributed by atoms with Crippen molar-refractivity contribution in [1.82, 2.24) is 19.4 Å². The molecule has 0 saturated carbocycles. The molecule has 0 spiro atoms. The molecule has 3 N–H and O–H groups in total. The van der Waals surface area contributed by atoms with Gasteiger partial charge in [-0.25, -0.2) is 9.97 Å². The Labute approximate surface area is 195 Å². The minimum atomic E-state index is 0.595. The van der Waals surface area contributed by atoms with Gasteiger partial charge in [0, 0.05) is 46.3 Å². The van der Waals surface area contributed by atoms with Gasteiger partial charge in [-0.3, -0.25) is 0 Å². The Bertz CT molecular complexity index is 1300. The van der Waals surface area contributed by atoms with Crippen LogP contribution < -0.4 is 11.1 Å². The number of aryl methyl sites for hydroxylation is 3. The standard InChI is InChI=1S/C27H32N6/c1-18-16-19(8-6-14-32(2)3)21(28)17-23(18)31-27-29-13-12-22(30-27)26-20-9-4-5-10-24(20)33-15-7-11-25(26)33/h4-5,9-10,12-13,16-17H,6-8,11,14-15,28H2,1-3H3,(H,29,30,31). The van der Waals surface area contributed by atoms with Gasteiger partial charge in [-0.1, -0.05) is 24.3 Å². The Hall–Kier alpha value is -3.38. The summed E-state index contributed by atoms with van der Waals surface area (Å²) in [5.74, 6) is 0.595. The molecule has 0 fully saturated rings. The number of hydrogen-bond donors (Lipinski definition) is 2. The van der Waals surface area contributed by atoms with Gasteiger partial charge in [0.05, 0.1) is 5.69 Å². The lowest BCUT2D eigenvalue weighted by Gasteiger charge is -2.14. The molecule has 1 aliphatic rings. The third-order valence-corrected chi connectivity index (χ3v) is 6.57. The SMILES string of the molecule is Cc1cc(CCCN(C)C)c(N)cc1Nc1nccc(-c2c3n(c4ccccc24)CCC3)n1. The molecule has 2 aromatic carbocycles. The first kappa shape index (κ1) is 21.5. The number of nitrogens with zero attached hydrogens (tertiary/aromatic N) is 4. The van der Waals surface area contributed by atoms with E-state index < -0.39 is 0 Å². The number of nitrogen functional groups attached to an aromatic ring is 1. The van der Waals surface area contributed by atoms with Gasteiger partial charge in [-0.15, -0.1) is 0 Å². The molecule has 3 heterocycles. The summed E-state index contributed by atoms with van der Waals surface area (Å²) in [5.41, 5.74) is 15.4. The molecular formula is C27H32N6. The van der Waals surface area contributed by atoms with Crippen molar-refractivity contribution in [1.29, 1.82) is 0 Å². The topological polar surface area (TPSA) is 72.0 Å². The zero-order chi connectivity index (χ0) is 22.9. The Kier molecular flexibility index (Phi) is 5.77. The molecule has 0 atom stereocenters. The maximum atomic E-state index is 6.39. The van der Waals surface area contributed by atoms with Gasteiger partial charge in [0.25, 0.3) is 0 Å². The number of anilines is 3. The van der Waals surface area contributed by atoms with Crippen LogP contribution in [-0.2, 0) is 19.4 Å². The van der Waals surface area contributed by atoms with Gasteiger partial charge in [0.2, 0.25) is 5.95 Å². The van der Waals surface area contributed by atoms with Crippen molar-refractivity contribution < 1.29 is 0 Å². The first-order chi connectivity index (χ1) is 16.0. The average Bonchev–Trinajstić information content (AvgIpc) is 3.38. The van der Waals surface area contributed by atoms with Crippen molar-refractivity contribution in [2.45, 2.75) is 39.2 Å². The lowest BCUT2D eigenvalue weighted by atomic mass is 10.0. The summed E-state index contributed by atoms with van der Waals surface area (Å²) in [6, 6.07) is 14.8. The van der Waals surface area contributed by atoms with Crippen LogP contribution in [-0.4, -0.2) is 40.1 Å². The van der Waals surface area contributed by atoms with Crippen LogP contribution in [0.15, 0.2) is 48.7 Å². The highest BCUT2D eigenvalue weighted by molar-refractivity contribution is 5.97. The van der Waals surface area contributed by atoms with Gasteiger partial charge in [0.15, 0.2) is 0 Å². The Morgan fingerprint density at radius 1 is 1.15 bits per heavy atom. The largest absolute Gasteiger partial charge is 0.398 e. The number of rotatable bonds is 7. The molecule has 4 aromatic rings. The maximum absolute atomic E-state index is 6.39. The molecule has 0 aliphatic carbocycles. The zero-order valence-electron chi connectivity index (χ0n) is 19.7. The van der Waals surface area contributed by atoms with E-state index in [1.54, 1.807) is 0 Å².